The van der Waals surface area contributed by atoms with Crippen molar-refractivity contribution in [2.24, 2.45) is 7.05 Å². The van der Waals surface area contributed by atoms with E-state index in [4.69, 9.17) is 0 Å². The highest BCUT2D eigenvalue weighted by Gasteiger charge is 2.10. The quantitative estimate of drug-likeness (QED) is 0.685. The number of rotatable bonds is 2. The summed E-state index contributed by atoms with van der Waals surface area (Å²) in [6.07, 6.45) is 1.50. The average Bonchev–Trinajstić information content (AvgIpc) is 2.77. The van der Waals surface area contributed by atoms with Crippen LogP contribution in [0.1, 0.15) is 10.6 Å². The summed E-state index contributed by atoms with van der Waals surface area (Å²) >= 11 is 0. The number of nitrogens with one attached hydrogen (secondary N) is 2. The number of tetrazole rings is 1. The van der Waals surface area contributed by atoms with Crippen LogP contribution in [0.2, 0.25) is 0 Å². The van der Waals surface area contributed by atoms with E-state index in [-0.39, 0.29) is 11.4 Å². The smallest absolute Gasteiger partial charge is 0.297 e. The number of hydrogen-bond acceptors (Lipinski definition) is 5. The van der Waals surface area contributed by atoms with Gasteiger partial charge in [0.25, 0.3) is 11.7 Å². The minimum absolute atomic E-state index is 0.0612. The monoisotopic (exact) mass is 220 g/mol. The fraction of sp³-hybridized carbons (Fsp3) is 0.125. The van der Waals surface area contributed by atoms with Gasteiger partial charge in [-0.3, -0.25) is 9.59 Å². The van der Waals surface area contributed by atoms with Crippen LogP contribution in [0.4, 0.5) is 5.69 Å². The average molecular weight is 220 g/mol. The Kier molecular flexibility index (Phi) is 2.46. The van der Waals surface area contributed by atoms with Crippen LogP contribution in [-0.2, 0) is 7.05 Å². The number of aromatic nitrogens is 5. The first-order chi connectivity index (χ1) is 7.66. The van der Waals surface area contributed by atoms with Gasteiger partial charge in [0.15, 0.2) is 0 Å². The number of aryl methyl sites for hydroxylation is 1. The molecule has 1 amide bonds. The minimum Gasteiger partial charge on any atom is -0.318 e. The van der Waals surface area contributed by atoms with Crippen molar-refractivity contribution >= 4 is 11.6 Å². The number of H-pyrrole nitrogens is 1. The van der Waals surface area contributed by atoms with Crippen LogP contribution in [0, 0.1) is 0 Å². The molecule has 2 rings (SSSR count). The van der Waals surface area contributed by atoms with Crippen LogP contribution < -0.4 is 10.9 Å². The van der Waals surface area contributed by atoms with Gasteiger partial charge in [-0.2, -0.15) is 5.21 Å². The molecule has 82 valence electrons. The number of carbonyl (C=O) groups is 1. The van der Waals surface area contributed by atoms with Crippen LogP contribution in [0.3, 0.4) is 0 Å². The predicted molar refractivity (Wildman–Crippen MR) is 53.8 cm³/mol. The van der Waals surface area contributed by atoms with Crippen molar-refractivity contribution in [2.75, 3.05) is 5.32 Å². The van der Waals surface area contributed by atoms with Gasteiger partial charge in [-0.05, 0) is 11.3 Å². The Bertz CT molecular complexity index is 558. The van der Waals surface area contributed by atoms with E-state index in [1.54, 1.807) is 7.05 Å². The second kappa shape index (κ2) is 3.93. The van der Waals surface area contributed by atoms with E-state index < -0.39 is 5.91 Å². The van der Waals surface area contributed by atoms with Crippen molar-refractivity contribution in [1.82, 2.24) is 25.2 Å². The molecule has 0 atom stereocenters. The van der Waals surface area contributed by atoms with Gasteiger partial charge in [0.2, 0.25) is 5.56 Å². The molecule has 2 N–H and O–H groups in total. The predicted octanol–water partition coefficient (Wildman–Crippen LogP) is -0.849. The maximum absolute atomic E-state index is 11.5. The van der Waals surface area contributed by atoms with Gasteiger partial charge in [-0.1, -0.05) is 0 Å². The van der Waals surface area contributed by atoms with E-state index in [0.29, 0.717) is 5.69 Å². The number of pyridine rings is 1. The summed E-state index contributed by atoms with van der Waals surface area (Å²) in [6.45, 7) is 0. The van der Waals surface area contributed by atoms with Crippen LogP contribution in [0.25, 0.3) is 0 Å². The van der Waals surface area contributed by atoms with E-state index in [2.05, 4.69) is 25.9 Å². The number of aromatic amines is 1. The zero-order valence-corrected chi connectivity index (χ0v) is 8.34. The summed E-state index contributed by atoms with van der Waals surface area (Å²) in [5, 5.41) is 15.0. The number of nitrogens with zero attached hydrogens (tertiary/aromatic N) is 4. The topological polar surface area (TPSA) is 106 Å². The first kappa shape index (κ1) is 10.0. The lowest BCUT2D eigenvalue weighted by atomic mass is 10.4. The SMILES string of the molecule is Cn1cc(NC(=O)c2nn[nH]n2)ccc1=O. The van der Waals surface area contributed by atoms with Crippen LogP contribution in [0.5, 0.6) is 0 Å². The fourth-order valence-corrected chi connectivity index (χ4v) is 1.11. The third-order valence-electron chi connectivity index (χ3n) is 1.89. The molecule has 2 aromatic heterocycles. The van der Waals surface area contributed by atoms with Crippen molar-refractivity contribution in [1.29, 1.82) is 0 Å². The van der Waals surface area contributed by atoms with Crippen LogP contribution in [-0.4, -0.2) is 31.1 Å². The molecule has 0 saturated heterocycles. The molecule has 8 nitrogen and oxygen atoms in total. The lowest BCUT2D eigenvalue weighted by Gasteiger charge is -2.03. The molecule has 0 aromatic carbocycles. The summed E-state index contributed by atoms with van der Waals surface area (Å²) < 4.78 is 1.35. The van der Waals surface area contributed by atoms with Gasteiger partial charge in [0, 0.05) is 19.3 Å². The molecular formula is C8H8N6O2. The number of carbonyl (C=O) groups excluding carboxylic acids is 1. The summed E-state index contributed by atoms with van der Waals surface area (Å²) in [6, 6.07) is 2.85. The molecule has 0 aliphatic heterocycles. The highest BCUT2D eigenvalue weighted by molar-refractivity contribution is 6.01. The summed E-state index contributed by atoms with van der Waals surface area (Å²) in [5.74, 6) is -0.554. The molecule has 0 saturated carbocycles. The first-order valence-corrected chi connectivity index (χ1v) is 4.38. The van der Waals surface area contributed by atoms with E-state index in [1.807, 2.05) is 0 Å². The molecule has 2 heterocycles. The zero-order valence-electron chi connectivity index (χ0n) is 8.34. The van der Waals surface area contributed by atoms with Gasteiger partial charge in [-0.25, -0.2) is 0 Å². The molecule has 0 radical (unpaired) electrons. The molecule has 2 aromatic rings. The Morgan fingerprint density at radius 2 is 2.31 bits per heavy atom. The van der Waals surface area contributed by atoms with Gasteiger partial charge < -0.3 is 9.88 Å². The standard InChI is InChI=1S/C8H8N6O2/c1-14-4-5(2-3-6(14)15)9-8(16)7-10-12-13-11-7/h2-4H,1H3,(H,9,16)(H,10,11,12,13). The zero-order chi connectivity index (χ0) is 11.5. The molecule has 0 aliphatic rings. The lowest BCUT2D eigenvalue weighted by molar-refractivity contribution is 0.101. The third-order valence-corrected chi connectivity index (χ3v) is 1.89. The van der Waals surface area contributed by atoms with E-state index in [9.17, 15) is 9.59 Å². The maximum Gasteiger partial charge on any atom is 0.297 e. The molecule has 16 heavy (non-hydrogen) atoms. The normalized spacial score (nSPS) is 10.1. The van der Waals surface area contributed by atoms with Crippen molar-refractivity contribution in [3.8, 4) is 0 Å². The number of anilines is 1. The Hall–Kier alpha value is -2.51. The van der Waals surface area contributed by atoms with Crippen molar-refractivity contribution in [2.45, 2.75) is 0 Å². The second-order valence-corrected chi connectivity index (χ2v) is 3.06. The molecular weight excluding hydrogens is 212 g/mol. The second-order valence-electron chi connectivity index (χ2n) is 3.06. The fourth-order valence-electron chi connectivity index (χ4n) is 1.11. The van der Waals surface area contributed by atoms with Crippen molar-refractivity contribution < 1.29 is 4.79 Å². The van der Waals surface area contributed by atoms with E-state index in [1.165, 1.54) is 22.9 Å². The minimum atomic E-state index is -0.493. The summed E-state index contributed by atoms with van der Waals surface area (Å²) in [5.41, 5.74) is 0.328. The first-order valence-electron chi connectivity index (χ1n) is 4.38. The molecule has 0 aliphatic carbocycles. The van der Waals surface area contributed by atoms with Gasteiger partial charge in [-0.15, -0.1) is 10.2 Å². The highest BCUT2D eigenvalue weighted by atomic mass is 16.2. The van der Waals surface area contributed by atoms with Gasteiger partial charge in [0.05, 0.1) is 5.69 Å². The van der Waals surface area contributed by atoms with E-state index >= 15 is 0 Å². The summed E-state index contributed by atoms with van der Waals surface area (Å²) in [4.78, 5) is 22.6. The van der Waals surface area contributed by atoms with Crippen molar-refractivity contribution in [3.05, 3.63) is 34.5 Å². The largest absolute Gasteiger partial charge is 0.318 e. The van der Waals surface area contributed by atoms with E-state index in [0.717, 1.165) is 0 Å². The Morgan fingerprint density at radius 1 is 1.50 bits per heavy atom. The van der Waals surface area contributed by atoms with Crippen LogP contribution >= 0.6 is 0 Å². The summed E-state index contributed by atoms with van der Waals surface area (Å²) in [7, 11) is 1.59. The lowest BCUT2D eigenvalue weighted by Crippen LogP contribution is -2.18. The third kappa shape index (κ3) is 1.95. The Morgan fingerprint density at radius 3 is 2.94 bits per heavy atom. The van der Waals surface area contributed by atoms with Crippen molar-refractivity contribution in [3.63, 3.8) is 0 Å². The molecule has 8 heteroatoms. The molecule has 0 fully saturated rings. The molecule has 0 unspecified atom stereocenters. The number of amides is 1. The molecule has 0 bridgehead atoms. The van der Waals surface area contributed by atoms with Gasteiger partial charge in [0.1, 0.15) is 0 Å². The maximum atomic E-state index is 11.5. The molecule has 0 spiro atoms. The Balaban J connectivity index is 2.18. The Labute approximate surface area is 89.3 Å². The number of hydrogen-bond donors (Lipinski definition) is 2. The highest BCUT2D eigenvalue weighted by Crippen LogP contribution is 2.03. The van der Waals surface area contributed by atoms with Gasteiger partial charge >= 0.3 is 0 Å². The van der Waals surface area contributed by atoms with Crippen LogP contribution in [0.15, 0.2) is 23.1 Å².